The molecule has 0 saturated carbocycles. The van der Waals surface area contributed by atoms with Crippen LogP contribution in [0.3, 0.4) is 0 Å². The number of pyridine rings is 1. The topological polar surface area (TPSA) is 84.6 Å². The molecule has 0 fully saturated rings. The Morgan fingerprint density at radius 1 is 0.686 bits per heavy atom. The van der Waals surface area contributed by atoms with Gasteiger partial charge >= 0.3 is 0 Å². The van der Waals surface area contributed by atoms with Crippen molar-refractivity contribution in [2.24, 2.45) is 9.98 Å². The number of rotatable bonds is 10. The van der Waals surface area contributed by atoms with E-state index in [9.17, 15) is 10.2 Å². The molecule has 2 aromatic carbocycles. The molecule has 3 rings (SSSR count). The predicted molar refractivity (Wildman–Crippen MR) is 142 cm³/mol. The van der Waals surface area contributed by atoms with Crippen LogP contribution >= 0.6 is 0 Å². The summed E-state index contributed by atoms with van der Waals surface area (Å²) in [5, 5.41) is 20.8. The average molecular weight is 519 g/mol. The summed E-state index contributed by atoms with van der Waals surface area (Å²) in [5.41, 5.74) is 3.18. The van der Waals surface area contributed by atoms with E-state index in [4.69, 9.17) is 0 Å². The van der Waals surface area contributed by atoms with Gasteiger partial charge in [-0.1, -0.05) is 6.07 Å². The molecule has 0 aliphatic heterocycles. The third-order valence-electron chi connectivity index (χ3n) is 5.68. The normalized spacial score (nSPS) is 11.1. The average Bonchev–Trinajstić information content (AvgIpc) is 2.85. The number of phenols is 2. The molecule has 1 radical (unpaired) electrons. The van der Waals surface area contributed by atoms with E-state index in [1.54, 1.807) is 36.7 Å². The number of hydrogen-bond acceptors (Lipinski definition) is 7. The van der Waals surface area contributed by atoms with Crippen molar-refractivity contribution < 1.29 is 27.0 Å². The minimum atomic E-state index is 0. The van der Waals surface area contributed by atoms with Gasteiger partial charge in [0.05, 0.1) is 0 Å². The Morgan fingerprint density at radius 2 is 1.09 bits per heavy atom. The zero-order chi connectivity index (χ0) is 24.5. The quantitative estimate of drug-likeness (QED) is 0.337. The number of aromatic nitrogens is 1. The molecule has 0 unspecified atom stereocenters. The molecule has 0 spiro atoms. The minimum absolute atomic E-state index is 0. The number of aliphatic imine (C=N–C) groups is 2. The SMILES string of the molecule is CCN(CC)c1ccc(C=Nc2cccc(N=Cc3ccc(N(CC)CC)cc3O)n2)c(O)c1.[Co]. The van der Waals surface area contributed by atoms with Gasteiger partial charge in [-0.25, -0.2) is 15.0 Å². The molecule has 0 saturated heterocycles. The monoisotopic (exact) mass is 518 g/mol. The van der Waals surface area contributed by atoms with Crippen LogP contribution in [0.5, 0.6) is 11.5 Å². The van der Waals surface area contributed by atoms with E-state index >= 15 is 0 Å². The third kappa shape index (κ3) is 7.31. The molecule has 2 N–H and O–H groups in total. The second kappa shape index (κ2) is 13.5. The number of anilines is 2. The number of hydrogen-bond donors (Lipinski definition) is 2. The molecule has 7 nitrogen and oxygen atoms in total. The molecule has 3 aromatic rings. The van der Waals surface area contributed by atoms with E-state index in [1.807, 2.05) is 30.3 Å². The van der Waals surface area contributed by atoms with Crippen molar-refractivity contribution >= 4 is 35.4 Å². The molecule has 35 heavy (non-hydrogen) atoms. The van der Waals surface area contributed by atoms with Crippen molar-refractivity contribution in [3.05, 3.63) is 65.7 Å². The van der Waals surface area contributed by atoms with Gasteiger partial charge in [-0.15, -0.1) is 0 Å². The maximum atomic E-state index is 10.4. The van der Waals surface area contributed by atoms with Crippen LogP contribution < -0.4 is 9.80 Å². The molecule has 8 heteroatoms. The number of nitrogens with zero attached hydrogens (tertiary/aromatic N) is 5. The van der Waals surface area contributed by atoms with E-state index < -0.39 is 0 Å². The first kappa shape index (κ1) is 27.9. The molecule has 1 aromatic heterocycles. The summed E-state index contributed by atoms with van der Waals surface area (Å²) in [7, 11) is 0. The van der Waals surface area contributed by atoms with Crippen molar-refractivity contribution in [3.8, 4) is 11.5 Å². The molecule has 0 atom stereocenters. The van der Waals surface area contributed by atoms with Crippen LogP contribution in [0.15, 0.2) is 64.6 Å². The Labute approximate surface area is 218 Å². The van der Waals surface area contributed by atoms with Crippen LogP contribution in [-0.2, 0) is 16.8 Å². The smallest absolute Gasteiger partial charge is 0.154 e. The number of phenolic OH excluding ortho intramolecular Hbond substituents is 2. The van der Waals surface area contributed by atoms with E-state index in [2.05, 4.69) is 52.5 Å². The molecule has 0 amide bonds. The first-order valence-corrected chi connectivity index (χ1v) is 11.7. The summed E-state index contributed by atoms with van der Waals surface area (Å²) >= 11 is 0. The zero-order valence-electron chi connectivity index (χ0n) is 20.6. The van der Waals surface area contributed by atoms with E-state index in [0.717, 1.165) is 37.6 Å². The fourth-order valence-corrected chi connectivity index (χ4v) is 3.68. The zero-order valence-corrected chi connectivity index (χ0v) is 21.7. The van der Waals surface area contributed by atoms with Crippen LogP contribution in [0.2, 0.25) is 0 Å². The van der Waals surface area contributed by atoms with Gasteiger partial charge in [0.15, 0.2) is 11.6 Å². The summed E-state index contributed by atoms with van der Waals surface area (Å²) in [6, 6.07) is 16.5. The second-order valence-electron chi connectivity index (χ2n) is 7.70. The largest absolute Gasteiger partial charge is 0.507 e. The minimum Gasteiger partial charge on any atom is -0.507 e. The van der Waals surface area contributed by atoms with Crippen molar-refractivity contribution in [3.63, 3.8) is 0 Å². The van der Waals surface area contributed by atoms with Crippen LogP contribution in [-0.4, -0.2) is 53.8 Å². The van der Waals surface area contributed by atoms with E-state index in [1.165, 1.54) is 0 Å². The summed E-state index contributed by atoms with van der Waals surface area (Å²) < 4.78 is 0. The Balaban J connectivity index is 0.00000432. The van der Waals surface area contributed by atoms with Crippen LogP contribution in [0.1, 0.15) is 38.8 Å². The second-order valence-corrected chi connectivity index (χ2v) is 7.70. The van der Waals surface area contributed by atoms with E-state index in [0.29, 0.717) is 22.8 Å². The van der Waals surface area contributed by atoms with Crippen LogP contribution in [0, 0.1) is 0 Å². The van der Waals surface area contributed by atoms with Crippen molar-refractivity contribution in [2.75, 3.05) is 36.0 Å². The van der Waals surface area contributed by atoms with Gasteiger partial charge in [-0.05, 0) is 64.1 Å². The number of aromatic hydroxyl groups is 2. The van der Waals surface area contributed by atoms with Gasteiger partial charge < -0.3 is 20.0 Å². The fourth-order valence-electron chi connectivity index (χ4n) is 3.68. The third-order valence-corrected chi connectivity index (χ3v) is 5.68. The molecule has 1 heterocycles. The van der Waals surface area contributed by atoms with Crippen molar-refractivity contribution in [2.45, 2.75) is 27.7 Å². The standard InChI is InChI=1S/C27H33N5O2.Co/c1-5-31(6-2)22-14-12-20(24(33)16-22)18-28-26-10-9-11-27(30-26)29-19-21-13-15-23(17-25(21)34)32(7-3)8-4;/h9-19,33-34H,5-8H2,1-4H3;. The Kier molecular flexibility index (Phi) is 10.8. The summed E-state index contributed by atoms with van der Waals surface area (Å²) in [6.07, 6.45) is 3.18. The van der Waals surface area contributed by atoms with Gasteiger partial charge in [0.25, 0.3) is 0 Å². The van der Waals surface area contributed by atoms with Gasteiger partial charge in [-0.3, -0.25) is 0 Å². The Bertz CT molecular complexity index is 1070. The van der Waals surface area contributed by atoms with Crippen LogP contribution in [0.25, 0.3) is 0 Å². The first-order valence-electron chi connectivity index (χ1n) is 11.7. The summed E-state index contributed by atoms with van der Waals surface area (Å²) in [4.78, 5) is 17.6. The molecule has 0 bridgehead atoms. The molecule has 0 aliphatic carbocycles. The molecule has 0 aliphatic rings. The van der Waals surface area contributed by atoms with Crippen LogP contribution in [0.4, 0.5) is 23.0 Å². The maximum absolute atomic E-state index is 10.4. The Hall–Kier alpha value is -3.36. The van der Waals surface area contributed by atoms with Gasteiger partial charge in [0.1, 0.15) is 11.5 Å². The molecular weight excluding hydrogens is 485 g/mol. The van der Waals surface area contributed by atoms with Gasteiger partial charge in [0, 0.05) is 90.0 Å². The molecule has 187 valence electrons. The van der Waals surface area contributed by atoms with Gasteiger partial charge in [0.2, 0.25) is 0 Å². The Morgan fingerprint density at radius 3 is 1.43 bits per heavy atom. The number of benzene rings is 2. The van der Waals surface area contributed by atoms with Crippen molar-refractivity contribution in [1.29, 1.82) is 0 Å². The summed E-state index contributed by atoms with van der Waals surface area (Å²) in [6.45, 7) is 11.8. The molecular formula is C27H33CoN5O2. The van der Waals surface area contributed by atoms with Crippen molar-refractivity contribution in [1.82, 2.24) is 4.98 Å². The van der Waals surface area contributed by atoms with E-state index in [-0.39, 0.29) is 28.3 Å². The predicted octanol–water partition coefficient (Wildman–Crippen LogP) is 5.68. The maximum Gasteiger partial charge on any atom is 0.154 e. The van der Waals surface area contributed by atoms with Gasteiger partial charge in [-0.2, -0.15) is 0 Å². The summed E-state index contributed by atoms with van der Waals surface area (Å²) in [5.74, 6) is 1.29. The first-order chi connectivity index (χ1) is 16.5. The fraction of sp³-hybridized carbons (Fsp3) is 0.296.